The molecule has 106 valence electrons. The van der Waals surface area contributed by atoms with Crippen molar-refractivity contribution in [1.29, 1.82) is 0 Å². The SMILES string of the molecule is CN(Cc1ccc(Cl)s1)c1cc(F)c(C(=O)O)cc1N. The molecule has 0 atom stereocenters. The standard InChI is InChI=1S/C13H12ClFN2O2S/c1-17(6-7-2-3-12(14)20-7)11-5-9(15)8(13(18)19)4-10(11)16/h2-5H,6,16H2,1H3,(H,18,19). The molecule has 0 aliphatic rings. The van der Waals surface area contributed by atoms with Gasteiger partial charge in [-0.15, -0.1) is 11.3 Å². The highest BCUT2D eigenvalue weighted by molar-refractivity contribution is 7.16. The third-order valence-electron chi connectivity index (χ3n) is 2.78. The fraction of sp³-hybridized carbons (Fsp3) is 0.154. The van der Waals surface area contributed by atoms with Gasteiger partial charge in [-0.1, -0.05) is 11.6 Å². The van der Waals surface area contributed by atoms with E-state index in [2.05, 4.69) is 0 Å². The molecule has 1 aromatic carbocycles. The Kier molecular flexibility index (Phi) is 4.15. The lowest BCUT2D eigenvalue weighted by molar-refractivity contribution is 0.0692. The fourth-order valence-corrected chi connectivity index (χ4v) is 2.97. The minimum atomic E-state index is -1.34. The molecule has 0 saturated carbocycles. The molecule has 1 aromatic heterocycles. The molecule has 1 heterocycles. The van der Waals surface area contributed by atoms with E-state index in [1.165, 1.54) is 11.3 Å². The molecule has 0 bridgehead atoms. The Morgan fingerprint density at radius 3 is 2.75 bits per heavy atom. The van der Waals surface area contributed by atoms with Gasteiger partial charge in [0.15, 0.2) is 0 Å². The first-order valence-electron chi connectivity index (χ1n) is 5.66. The Bertz CT molecular complexity index is 660. The van der Waals surface area contributed by atoms with Crippen LogP contribution >= 0.6 is 22.9 Å². The predicted octanol–water partition coefficient (Wildman–Crippen LogP) is 3.46. The molecule has 2 aromatic rings. The highest BCUT2D eigenvalue weighted by atomic mass is 35.5. The van der Waals surface area contributed by atoms with Crippen molar-refractivity contribution in [1.82, 2.24) is 0 Å². The van der Waals surface area contributed by atoms with E-state index in [-0.39, 0.29) is 5.69 Å². The van der Waals surface area contributed by atoms with Crippen molar-refractivity contribution < 1.29 is 14.3 Å². The number of hydrogen-bond acceptors (Lipinski definition) is 4. The summed E-state index contributed by atoms with van der Waals surface area (Å²) in [6, 6.07) is 5.92. The van der Waals surface area contributed by atoms with E-state index in [0.29, 0.717) is 16.6 Å². The summed E-state index contributed by atoms with van der Waals surface area (Å²) >= 11 is 7.28. The highest BCUT2D eigenvalue weighted by Gasteiger charge is 2.16. The zero-order valence-electron chi connectivity index (χ0n) is 10.6. The van der Waals surface area contributed by atoms with Gasteiger partial charge in [0.1, 0.15) is 5.82 Å². The Hall–Kier alpha value is -1.79. The summed E-state index contributed by atoms with van der Waals surface area (Å²) < 4.78 is 14.4. The number of benzene rings is 1. The topological polar surface area (TPSA) is 66.6 Å². The molecule has 3 N–H and O–H groups in total. The van der Waals surface area contributed by atoms with E-state index < -0.39 is 17.3 Å². The molecule has 0 aliphatic heterocycles. The molecular weight excluding hydrogens is 303 g/mol. The Morgan fingerprint density at radius 1 is 1.50 bits per heavy atom. The van der Waals surface area contributed by atoms with Crippen LogP contribution in [0.15, 0.2) is 24.3 Å². The average molecular weight is 315 g/mol. The molecule has 0 radical (unpaired) electrons. The number of aromatic carboxylic acids is 1. The van der Waals surface area contributed by atoms with Crippen molar-refractivity contribution in [2.45, 2.75) is 6.54 Å². The summed E-state index contributed by atoms with van der Waals surface area (Å²) in [5, 5.41) is 8.84. The number of thiophene rings is 1. The lowest BCUT2D eigenvalue weighted by atomic mass is 10.1. The van der Waals surface area contributed by atoms with Gasteiger partial charge in [0, 0.05) is 18.0 Å². The van der Waals surface area contributed by atoms with Crippen LogP contribution in [-0.4, -0.2) is 18.1 Å². The van der Waals surface area contributed by atoms with Crippen LogP contribution in [0.3, 0.4) is 0 Å². The summed E-state index contributed by atoms with van der Waals surface area (Å²) in [6.07, 6.45) is 0. The number of carboxylic acids is 1. The zero-order chi connectivity index (χ0) is 14.9. The smallest absolute Gasteiger partial charge is 0.338 e. The molecule has 0 spiro atoms. The van der Waals surface area contributed by atoms with E-state index in [1.807, 2.05) is 6.07 Å². The van der Waals surface area contributed by atoms with Crippen molar-refractivity contribution in [3.63, 3.8) is 0 Å². The van der Waals surface area contributed by atoms with Crippen molar-refractivity contribution in [2.24, 2.45) is 0 Å². The van der Waals surface area contributed by atoms with Gasteiger partial charge in [-0.05, 0) is 18.2 Å². The molecule has 0 unspecified atom stereocenters. The Balaban J connectivity index is 2.28. The molecule has 0 saturated heterocycles. The number of carboxylic acid groups (broad SMARTS) is 1. The van der Waals surface area contributed by atoms with E-state index >= 15 is 0 Å². The number of nitrogens with zero attached hydrogens (tertiary/aromatic N) is 1. The van der Waals surface area contributed by atoms with E-state index in [1.54, 1.807) is 18.0 Å². The first-order valence-corrected chi connectivity index (χ1v) is 6.85. The molecule has 20 heavy (non-hydrogen) atoms. The van der Waals surface area contributed by atoms with Gasteiger partial charge in [-0.3, -0.25) is 0 Å². The Morgan fingerprint density at radius 2 is 2.20 bits per heavy atom. The maximum absolute atomic E-state index is 13.7. The number of hydrogen-bond donors (Lipinski definition) is 2. The maximum Gasteiger partial charge on any atom is 0.338 e. The lowest BCUT2D eigenvalue weighted by Gasteiger charge is -2.21. The zero-order valence-corrected chi connectivity index (χ0v) is 12.1. The molecular formula is C13H12ClFN2O2S. The van der Waals surface area contributed by atoms with Crippen LogP contribution in [0.2, 0.25) is 4.34 Å². The number of anilines is 2. The van der Waals surface area contributed by atoms with Crippen LogP contribution in [0, 0.1) is 5.82 Å². The second kappa shape index (κ2) is 5.68. The minimum Gasteiger partial charge on any atom is -0.478 e. The molecule has 0 fully saturated rings. The number of carbonyl (C=O) groups is 1. The van der Waals surface area contributed by atoms with E-state index in [4.69, 9.17) is 22.4 Å². The first kappa shape index (κ1) is 14.6. The molecule has 4 nitrogen and oxygen atoms in total. The monoisotopic (exact) mass is 314 g/mol. The molecule has 7 heteroatoms. The van der Waals surface area contributed by atoms with Crippen LogP contribution in [0.4, 0.5) is 15.8 Å². The van der Waals surface area contributed by atoms with Gasteiger partial charge >= 0.3 is 5.97 Å². The largest absolute Gasteiger partial charge is 0.478 e. The third-order valence-corrected chi connectivity index (χ3v) is 4.00. The molecule has 0 aliphatic carbocycles. The lowest BCUT2D eigenvalue weighted by Crippen LogP contribution is -2.18. The summed E-state index contributed by atoms with van der Waals surface area (Å²) in [4.78, 5) is 13.6. The maximum atomic E-state index is 13.7. The van der Waals surface area contributed by atoms with Crippen molar-refractivity contribution >= 4 is 40.3 Å². The predicted molar refractivity (Wildman–Crippen MR) is 79.2 cm³/mol. The van der Waals surface area contributed by atoms with Crippen LogP contribution in [0.5, 0.6) is 0 Å². The summed E-state index contributed by atoms with van der Waals surface area (Å²) in [6.45, 7) is 0.507. The van der Waals surface area contributed by atoms with Gasteiger partial charge < -0.3 is 15.7 Å². The number of rotatable bonds is 4. The summed E-state index contributed by atoms with van der Waals surface area (Å²) in [5.41, 5.74) is 6.02. The van der Waals surface area contributed by atoms with E-state index in [0.717, 1.165) is 17.0 Å². The first-order chi connectivity index (χ1) is 9.38. The number of nitrogen functional groups attached to an aromatic ring is 1. The molecule has 2 rings (SSSR count). The van der Waals surface area contributed by atoms with Crippen molar-refractivity contribution in [3.05, 3.63) is 44.9 Å². The van der Waals surface area contributed by atoms with Gasteiger partial charge in [0.25, 0.3) is 0 Å². The fourth-order valence-electron chi connectivity index (χ4n) is 1.83. The number of nitrogens with two attached hydrogens (primary N) is 1. The van der Waals surface area contributed by atoms with Gasteiger partial charge in [0.2, 0.25) is 0 Å². The van der Waals surface area contributed by atoms with Gasteiger partial charge in [-0.25, -0.2) is 9.18 Å². The van der Waals surface area contributed by atoms with Crippen LogP contribution < -0.4 is 10.6 Å². The minimum absolute atomic E-state index is 0.217. The van der Waals surface area contributed by atoms with Crippen molar-refractivity contribution in [2.75, 3.05) is 17.7 Å². The van der Waals surface area contributed by atoms with Crippen LogP contribution in [-0.2, 0) is 6.54 Å². The average Bonchev–Trinajstić information content (AvgIpc) is 2.76. The van der Waals surface area contributed by atoms with Crippen molar-refractivity contribution in [3.8, 4) is 0 Å². The third kappa shape index (κ3) is 3.02. The summed E-state index contributed by atoms with van der Waals surface area (Å²) in [5.74, 6) is -2.15. The normalized spacial score (nSPS) is 10.6. The summed E-state index contributed by atoms with van der Waals surface area (Å²) in [7, 11) is 1.75. The van der Waals surface area contributed by atoms with Gasteiger partial charge in [-0.2, -0.15) is 0 Å². The number of halogens is 2. The van der Waals surface area contributed by atoms with Gasteiger partial charge in [0.05, 0.1) is 27.8 Å². The Labute approximate surface area is 124 Å². The quantitative estimate of drug-likeness (QED) is 0.848. The second-order valence-electron chi connectivity index (χ2n) is 4.26. The molecule has 0 amide bonds. The van der Waals surface area contributed by atoms with Crippen LogP contribution in [0.1, 0.15) is 15.2 Å². The van der Waals surface area contributed by atoms with E-state index in [9.17, 15) is 9.18 Å². The second-order valence-corrected chi connectivity index (χ2v) is 6.06. The van der Waals surface area contributed by atoms with Crippen LogP contribution in [0.25, 0.3) is 0 Å². The highest BCUT2D eigenvalue weighted by Crippen LogP contribution is 2.29.